The largest absolute Gasteiger partial charge is 0.392 e. The van der Waals surface area contributed by atoms with Crippen molar-refractivity contribution in [1.82, 2.24) is 4.98 Å². The van der Waals surface area contributed by atoms with Crippen molar-refractivity contribution in [2.24, 2.45) is 5.92 Å². The molecule has 0 amide bonds. The number of aromatic nitrogens is 1. The molecule has 0 aliphatic carbocycles. The van der Waals surface area contributed by atoms with Gasteiger partial charge in [0.2, 0.25) is 0 Å². The van der Waals surface area contributed by atoms with E-state index in [1.807, 2.05) is 12.1 Å². The number of rotatable bonds is 4. The highest BCUT2D eigenvalue weighted by Gasteiger charge is 2.13. The molecule has 2 atom stereocenters. The average molecular weight is 258 g/mol. The Labute approximate surface area is 93.5 Å². The molecule has 0 radical (unpaired) electrons. The van der Waals surface area contributed by atoms with Crippen LogP contribution >= 0.6 is 15.9 Å². The zero-order valence-corrected chi connectivity index (χ0v) is 10.2. The van der Waals surface area contributed by atoms with Crippen LogP contribution in [0.4, 0.5) is 0 Å². The maximum Gasteiger partial charge on any atom is 0.0621 e. The molecule has 1 aromatic rings. The Morgan fingerprint density at radius 2 is 2.21 bits per heavy atom. The van der Waals surface area contributed by atoms with E-state index < -0.39 is 0 Å². The molecule has 0 saturated heterocycles. The van der Waals surface area contributed by atoms with Crippen molar-refractivity contribution in [3.63, 3.8) is 0 Å². The van der Waals surface area contributed by atoms with Gasteiger partial charge in [0.25, 0.3) is 0 Å². The first-order valence-corrected chi connectivity index (χ1v) is 5.71. The van der Waals surface area contributed by atoms with Crippen LogP contribution in [0.3, 0.4) is 0 Å². The molecule has 1 N–H and O–H groups in total. The van der Waals surface area contributed by atoms with Gasteiger partial charge in [0.1, 0.15) is 0 Å². The fourth-order valence-electron chi connectivity index (χ4n) is 1.21. The third kappa shape index (κ3) is 3.39. The molecular weight excluding hydrogens is 242 g/mol. The minimum atomic E-state index is -0.284. The number of nitrogens with zero attached hydrogens (tertiary/aromatic N) is 1. The van der Waals surface area contributed by atoms with Gasteiger partial charge in [-0.2, -0.15) is 0 Å². The molecule has 14 heavy (non-hydrogen) atoms. The molecule has 2 nitrogen and oxygen atoms in total. The summed E-state index contributed by atoms with van der Waals surface area (Å²) < 4.78 is 0.972. The van der Waals surface area contributed by atoms with Crippen molar-refractivity contribution in [1.29, 1.82) is 0 Å². The lowest BCUT2D eigenvalue weighted by molar-refractivity contribution is 0.114. The predicted octanol–water partition coefficient (Wildman–Crippen LogP) is 2.79. The van der Waals surface area contributed by atoms with Crippen LogP contribution in [0.5, 0.6) is 0 Å². The standard InChI is InChI=1S/C11H16BrNO/c1-3-8(2)11(14)6-10-5-4-9(12)7-13-10/h4-5,7-8,11,14H,3,6H2,1-2H3. The van der Waals surface area contributed by atoms with Crippen molar-refractivity contribution in [2.45, 2.75) is 32.8 Å². The maximum atomic E-state index is 9.79. The molecule has 0 aliphatic heterocycles. The Morgan fingerprint density at radius 1 is 1.50 bits per heavy atom. The van der Waals surface area contributed by atoms with Crippen molar-refractivity contribution in [3.05, 3.63) is 28.5 Å². The van der Waals surface area contributed by atoms with Gasteiger partial charge in [-0.15, -0.1) is 0 Å². The van der Waals surface area contributed by atoms with Gasteiger partial charge in [0, 0.05) is 22.8 Å². The van der Waals surface area contributed by atoms with Crippen LogP contribution < -0.4 is 0 Å². The molecule has 1 heterocycles. The van der Waals surface area contributed by atoms with E-state index in [9.17, 15) is 5.11 Å². The molecule has 0 aliphatic rings. The van der Waals surface area contributed by atoms with Crippen LogP contribution in [0.2, 0.25) is 0 Å². The molecule has 0 aromatic carbocycles. The lowest BCUT2D eigenvalue weighted by Gasteiger charge is -2.16. The van der Waals surface area contributed by atoms with Crippen LogP contribution in [0.25, 0.3) is 0 Å². The van der Waals surface area contributed by atoms with E-state index in [1.54, 1.807) is 6.20 Å². The summed E-state index contributed by atoms with van der Waals surface area (Å²) in [5, 5.41) is 9.79. The maximum absolute atomic E-state index is 9.79. The zero-order chi connectivity index (χ0) is 10.6. The summed E-state index contributed by atoms with van der Waals surface area (Å²) in [5.41, 5.74) is 0.945. The Morgan fingerprint density at radius 3 is 2.71 bits per heavy atom. The predicted molar refractivity (Wildman–Crippen MR) is 61.1 cm³/mol. The molecule has 0 bridgehead atoms. The van der Waals surface area contributed by atoms with Crippen LogP contribution in [-0.2, 0) is 6.42 Å². The SMILES string of the molecule is CCC(C)C(O)Cc1ccc(Br)cn1. The smallest absolute Gasteiger partial charge is 0.0621 e. The van der Waals surface area contributed by atoms with Gasteiger partial charge in [-0.1, -0.05) is 20.3 Å². The summed E-state index contributed by atoms with van der Waals surface area (Å²) in [6.45, 7) is 4.15. The lowest BCUT2D eigenvalue weighted by atomic mass is 9.98. The molecule has 0 saturated carbocycles. The normalized spacial score (nSPS) is 15.1. The van der Waals surface area contributed by atoms with Crippen LogP contribution in [0, 0.1) is 5.92 Å². The molecule has 0 spiro atoms. The van der Waals surface area contributed by atoms with Crippen LogP contribution in [0.1, 0.15) is 26.0 Å². The van der Waals surface area contributed by atoms with E-state index in [0.29, 0.717) is 12.3 Å². The third-order valence-corrected chi connectivity index (χ3v) is 2.98. The van der Waals surface area contributed by atoms with Crippen molar-refractivity contribution < 1.29 is 5.11 Å². The molecule has 2 unspecified atom stereocenters. The Bertz CT molecular complexity index is 273. The van der Waals surface area contributed by atoms with Gasteiger partial charge < -0.3 is 5.11 Å². The Hall–Kier alpha value is -0.410. The molecule has 78 valence electrons. The second kappa shape index (κ2) is 5.47. The van der Waals surface area contributed by atoms with Crippen LogP contribution in [0.15, 0.2) is 22.8 Å². The summed E-state index contributed by atoms with van der Waals surface area (Å²) in [5.74, 6) is 0.334. The molecule has 1 rings (SSSR count). The second-order valence-corrected chi connectivity index (χ2v) is 4.54. The van der Waals surface area contributed by atoms with E-state index in [4.69, 9.17) is 0 Å². The molecular formula is C11H16BrNO. The monoisotopic (exact) mass is 257 g/mol. The summed E-state index contributed by atoms with van der Waals surface area (Å²) >= 11 is 3.33. The molecule has 3 heteroatoms. The number of pyridine rings is 1. The first kappa shape index (κ1) is 11.7. The van der Waals surface area contributed by atoms with E-state index in [0.717, 1.165) is 16.6 Å². The molecule has 0 fully saturated rings. The Balaban J connectivity index is 2.56. The number of halogens is 1. The number of aliphatic hydroxyl groups excluding tert-OH is 1. The van der Waals surface area contributed by atoms with E-state index >= 15 is 0 Å². The number of hydrogen-bond acceptors (Lipinski definition) is 2. The highest BCUT2D eigenvalue weighted by molar-refractivity contribution is 9.10. The van der Waals surface area contributed by atoms with Gasteiger partial charge in [-0.25, -0.2) is 0 Å². The molecule has 1 aromatic heterocycles. The number of hydrogen-bond donors (Lipinski definition) is 1. The van der Waals surface area contributed by atoms with Crippen molar-refractivity contribution in [2.75, 3.05) is 0 Å². The summed E-state index contributed by atoms with van der Waals surface area (Å²) in [6.07, 6.45) is 3.12. The highest BCUT2D eigenvalue weighted by Crippen LogP contribution is 2.13. The average Bonchev–Trinajstić information content (AvgIpc) is 2.20. The van der Waals surface area contributed by atoms with E-state index in [1.165, 1.54) is 0 Å². The second-order valence-electron chi connectivity index (χ2n) is 3.62. The summed E-state index contributed by atoms with van der Waals surface area (Å²) in [6, 6.07) is 3.89. The van der Waals surface area contributed by atoms with Crippen molar-refractivity contribution >= 4 is 15.9 Å². The first-order chi connectivity index (χ1) is 6.63. The summed E-state index contributed by atoms with van der Waals surface area (Å²) in [4.78, 5) is 4.23. The quantitative estimate of drug-likeness (QED) is 0.900. The third-order valence-electron chi connectivity index (χ3n) is 2.51. The fraction of sp³-hybridized carbons (Fsp3) is 0.545. The highest BCUT2D eigenvalue weighted by atomic mass is 79.9. The summed E-state index contributed by atoms with van der Waals surface area (Å²) in [7, 11) is 0. The fourth-order valence-corrected chi connectivity index (χ4v) is 1.45. The van der Waals surface area contributed by atoms with Gasteiger partial charge >= 0.3 is 0 Å². The topological polar surface area (TPSA) is 33.1 Å². The van der Waals surface area contributed by atoms with Gasteiger partial charge in [0.15, 0.2) is 0 Å². The van der Waals surface area contributed by atoms with Crippen molar-refractivity contribution in [3.8, 4) is 0 Å². The Kier molecular flexibility index (Phi) is 4.55. The zero-order valence-electron chi connectivity index (χ0n) is 8.57. The van der Waals surface area contributed by atoms with Gasteiger partial charge in [-0.3, -0.25) is 4.98 Å². The lowest BCUT2D eigenvalue weighted by Crippen LogP contribution is -2.20. The minimum Gasteiger partial charge on any atom is -0.392 e. The minimum absolute atomic E-state index is 0.284. The van der Waals surface area contributed by atoms with E-state index in [2.05, 4.69) is 34.8 Å². The van der Waals surface area contributed by atoms with Gasteiger partial charge in [-0.05, 0) is 34.0 Å². The van der Waals surface area contributed by atoms with Gasteiger partial charge in [0.05, 0.1) is 6.10 Å². The number of aliphatic hydroxyl groups is 1. The van der Waals surface area contributed by atoms with Crippen LogP contribution in [-0.4, -0.2) is 16.2 Å². The first-order valence-electron chi connectivity index (χ1n) is 4.92. The van der Waals surface area contributed by atoms with E-state index in [-0.39, 0.29) is 6.10 Å².